The van der Waals surface area contributed by atoms with Crippen LogP contribution in [0.15, 0.2) is 21.5 Å². The van der Waals surface area contributed by atoms with Crippen molar-refractivity contribution in [3.05, 3.63) is 26.7 Å². The summed E-state index contributed by atoms with van der Waals surface area (Å²) in [6.07, 6.45) is 1.51. The minimum atomic E-state index is -3.68. The molecule has 4 nitrogen and oxygen atoms in total. The quantitative estimate of drug-likeness (QED) is 0.821. The lowest BCUT2D eigenvalue weighted by molar-refractivity contribution is 0.251. The smallest absolute Gasteiger partial charge is 0.246 e. The summed E-state index contributed by atoms with van der Waals surface area (Å²) in [5.41, 5.74) is 5.88. The molecule has 0 radical (unpaired) electrons. The van der Waals surface area contributed by atoms with Gasteiger partial charge < -0.3 is 5.73 Å². The average molecular weight is 416 g/mol. The molecule has 1 fully saturated rings. The molecule has 2 rings (SSSR count). The fourth-order valence-corrected chi connectivity index (χ4v) is 5.90. The minimum Gasteiger partial charge on any atom is -0.328 e. The minimum absolute atomic E-state index is 0.0201. The molecule has 1 saturated heterocycles. The second kappa shape index (κ2) is 6.72. The van der Waals surface area contributed by atoms with Gasteiger partial charge in [-0.15, -0.1) is 0 Å². The zero-order valence-corrected chi connectivity index (χ0v) is 15.4. The van der Waals surface area contributed by atoms with Crippen molar-refractivity contribution in [3.8, 4) is 0 Å². The molecule has 1 unspecified atom stereocenters. The number of halogens is 3. The van der Waals surface area contributed by atoms with Crippen molar-refractivity contribution in [2.75, 3.05) is 13.1 Å². The van der Waals surface area contributed by atoms with Crippen molar-refractivity contribution in [2.24, 2.45) is 11.7 Å². The highest BCUT2D eigenvalue weighted by molar-refractivity contribution is 9.10. The second-order valence-corrected chi connectivity index (χ2v) is 8.90. The predicted molar refractivity (Wildman–Crippen MR) is 89.3 cm³/mol. The van der Waals surface area contributed by atoms with E-state index in [1.54, 1.807) is 0 Å². The molecule has 1 aliphatic rings. The molecule has 118 valence electrons. The molecule has 0 saturated carbocycles. The number of rotatable bonds is 3. The molecule has 0 aromatic heterocycles. The van der Waals surface area contributed by atoms with E-state index < -0.39 is 10.0 Å². The van der Waals surface area contributed by atoms with Gasteiger partial charge in [0.15, 0.2) is 0 Å². The van der Waals surface area contributed by atoms with Gasteiger partial charge in [0, 0.05) is 23.6 Å². The van der Waals surface area contributed by atoms with Crippen LogP contribution < -0.4 is 5.73 Å². The van der Waals surface area contributed by atoms with E-state index in [9.17, 15) is 8.42 Å². The largest absolute Gasteiger partial charge is 0.328 e. The molecule has 1 aliphatic heterocycles. The van der Waals surface area contributed by atoms with Crippen molar-refractivity contribution in [1.29, 1.82) is 0 Å². The number of hydrogen-bond donors (Lipinski definition) is 1. The molecule has 0 spiro atoms. The summed E-state index contributed by atoms with van der Waals surface area (Å²) in [5, 5.41) is 0.257. The van der Waals surface area contributed by atoms with Crippen molar-refractivity contribution in [3.63, 3.8) is 0 Å². The maximum absolute atomic E-state index is 12.7. The maximum Gasteiger partial charge on any atom is 0.246 e. The van der Waals surface area contributed by atoms with E-state index >= 15 is 0 Å². The van der Waals surface area contributed by atoms with Crippen LogP contribution in [-0.4, -0.2) is 31.9 Å². The summed E-state index contributed by atoms with van der Waals surface area (Å²) < 4.78 is 27.5. The molecular weight excluding hydrogens is 399 g/mol. The Bertz CT molecular complexity index is 606. The molecule has 0 amide bonds. The van der Waals surface area contributed by atoms with E-state index in [0.717, 1.165) is 12.8 Å². The summed E-state index contributed by atoms with van der Waals surface area (Å²) in [4.78, 5) is -0.0201. The summed E-state index contributed by atoms with van der Waals surface area (Å²) >= 11 is 15.4. The van der Waals surface area contributed by atoms with Gasteiger partial charge in [0.2, 0.25) is 10.0 Å². The van der Waals surface area contributed by atoms with Crippen LogP contribution >= 0.6 is 39.1 Å². The Balaban J connectivity index is 2.28. The van der Waals surface area contributed by atoms with Gasteiger partial charge in [-0.25, -0.2) is 8.42 Å². The van der Waals surface area contributed by atoms with Gasteiger partial charge in [0.05, 0.1) is 10.0 Å². The normalized spacial score (nSPS) is 19.7. The Labute approximate surface area is 143 Å². The first-order valence-electron chi connectivity index (χ1n) is 6.63. The predicted octanol–water partition coefficient (Wildman–Crippen LogP) is 3.50. The third-order valence-corrected chi connectivity index (χ3v) is 7.08. The van der Waals surface area contributed by atoms with Crippen LogP contribution in [0.1, 0.15) is 19.8 Å². The first kappa shape index (κ1) is 17.5. The molecule has 2 N–H and O–H groups in total. The Kier molecular flexibility index (Phi) is 5.60. The summed E-state index contributed by atoms with van der Waals surface area (Å²) in [6, 6.07) is 3.15. The zero-order chi connectivity index (χ0) is 15.8. The molecule has 0 bridgehead atoms. The Morgan fingerprint density at radius 1 is 1.29 bits per heavy atom. The number of nitrogens with zero attached hydrogens (tertiary/aromatic N) is 1. The lowest BCUT2D eigenvalue weighted by atomic mass is 9.92. The van der Waals surface area contributed by atoms with Crippen LogP contribution in [-0.2, 0) is 10.0 Å². The topological polar surface area (TPSA) is 63.4 Å². The van der Waals surface area contributed by atoms with E-state index in [-0.39, 0.29) is 21.0 Å². The number of sulfonamides is 1. The van der Waals surface area contributed by atoms with Crippen molar-refractivity contribution in [1.82, 2.24) is 4.31 Å². The van der Waals surface area contributed by atoms with Gasteiger partial charge >= 0.3 is 0 Å². The van der Waals surface area contributed by atoms with Crippen LogP contribution in [0.25, 0.3) is 0 Å². The lowest BCUT2D eigenvalue weighted by Crippen LogP contribution is -2.42. The van der Waals surface area contributed by atoms with E-state index in [1.807, 2.05) is 6.92 Å². The number of piperidine rings is 1. The lowest BCUT2D eigenvalue weighted by Gasteiger charge is -2.33. The van der Waals surface area contributed by atoms with Crippen LogP contribution in [0, 0.1) is 5.92 Å². The van der Waals surface area contributed by atoms with E-state index in [4.69, 9.17) is 28.9 Å². The molecular formula is C13H17BrCl2N2O2S. The van der Waals surface area contributed by atoms with Gasteiger partial charge in [0.1, 0.15) is 4.90 Å². The molecule has 1 aromatic rings. The zero-order valence-electron chi connectivity index (χ0n) is 11.5. The monoisotopic (exact) mass is 414 g/mol. The van der Waals surface area contributed by atoms with Crippen LogP contribution in [0.3, 0.4) is 0 Å². The Morgan fingerprint density at radius 2 is 1.76 bits per heavy atom. The standard InChI is InChI=1S/C13H17BrCl2N2O2S/c1-8(17)9-2-4-18(5-3-9)21(19,20)13-11(15)6-10(14)7-12(13)16/h6-9H,2-5,17H2,1H3. The van der Waals surface area contributed by atoms with Crippen LogP contribution in [0.4, 0.5) is 0 Å². The molecule has 1 heterocycles. The second-order valence-electron chi connectivity index (χ2n) is 5.30. The molecule has 1 aromatic carbocycles. The molecule has 21 heavy (non-hydrogen) atoms. The fraction of sp³-hybridized carbons (Fsp3) is 0.538. The number of benzene rings is 1. The van der Waals surface area contributed by atoms with Gasteiger partial charge in [-0.05, 0) is 37.8 Å². The summed E-state index contributed by atoms with van der Waals surface area (Å²) in [5.74, 6) is 0.354. The van der Waals surface area contributed by atoms with Gasteiger partial charge in [-0.3, -0.25) is 0 Å². The summed E-state index contributed by atoms with van der Waals surface area (Å²) in [7, 11) is -3.68. The van der Waals surface area contributed by atoms with Crippen molar-refractivity contribution >= 4 is 49.2 Å². The maximum atomic E-state index is 12.7. The Morgan fingerprint density at radius 3 is 2.19 bits per heavy atom. The highest BCUT2D eigenvalue weighted by Gasteiger charge is 2.33. The first-order valence-corrected chi connectivity index (χ1v) is 9.62. The molecule has 1 atom stereocenters. The van der Waals surface area contributed by atoms with Crippen LogP contribution in [0.2, 0.25) is 10.0 Å². The third-order valence-electron chi connectivity index (χ3n) is 3.80. The van der Waals surface area contributed by atoms with E-state index in [2.05, 4.69) is 15.9 Å². The van der Waals surface area contributed by atoms with Gasteiger partial charge in [-0.2, -0.15) is 4.31 Å². The SMILES string of the molecule is CC(N)C1CCN(S(=O)(=O)c2c(Cl)cc(Br)cc2Cl)CC1. The summed E-state index contributed by atoms with van der Waals surface area (Å²) in [6.45, 7) is 2.84. The van der Waals surface area contributed by atoms with Crippen molar-refractivity contribution in [2.45, 2.75) is 30.7 Å². The molecule has 8 heteroatoms. The van der Waals surface area contributed by atoms with Crippen LogP contribution in [0.5, 0.6) is 0 Å². The Hall–Kier alpha value is 0.150. The first-order chi connectivity index (χ1) is 9.73. The van der Waals surface area contributed by atoms with Gasteiger partial charge in [-0.1, -0.05) is 39.1 Å². The van der Waals surface area contributed by atoms with Crippen molar-refractivity contribution < 1.29 is 8.42 Å². The number of hydrogen-bond acceptors (Lipinski definition) is 3. The average Bonchev–Trinajstić information content (AvgIpc) is 2.37. The molecule has 0 aliphatic carbocycles. The third kappa shape index (κ3) is 3.74. The van der Waals surface area contributed by atoms with Gasteiger partial charge in [0.25, 0.3) is 0 Å². The van der Waals surface area contributed by atoms with E-state index in [1.165, 1.54) is 16.4 Å². The van der Waals surface area contributed by atoms with E-state index in [0.29, 0.717) is 23.5 Å². The fourth-order valence-electron chi connectivity index (χ4n) is 2.55. The highest BCUT2D eigenvalue weighted by Crippen LogP contribution is 2.36. The number of nitrogens with two attached hydrogens (primary N) is 1. The highest BCUT2D eigenvalue weighted by atomic mass is 79.9.